The molecular weight excluding hydrogens is 306 g/mol. The van der Waals surface area contributed by atoms with Gasteiger partial charge in [-0.05, 0) is 62.3 Å². The lowest BCUT2D eigenvalue weighted by atomic mass is 9.52. The van der Waals surface area contributed by atoms with Crippen LogP contribution in [0.2, 0.25) is 0 Å². The van der Waals surface area contributed by atoms with Crippen LogP contribution in [-0.2, 0) is 19.0 Å². The predicted molar refractivity (Wildman–Crippen MR) is 88.0 cm³/mol. The van der Waals surface area contributed by atoms with Gasteiger partial charge in [-0.3, -0.25) is 4.79 Å². The summed E-state index contributed by atoms with van der Waals surface area (Å²) < 4.78 is 17.0. The predicted octanol–water partition coefficient (Wildman–Crippen LogP) is 3.06. The van der Waals surface area contributed by atoms with Gasteiger partial charge in [0.2, 0.25) is 0 Å². The summed E-state index contributed by atoms with van der Waals surface area (Å²) in [5.41, 5.74) is 0.315. The Morgan fingerprint density at radius 1 is 1.46 bits per heavy atom. The number of nitrogens with zero attached hydrogens (tertiary/aromatic N) is 1. The smallest absolute Gasteiger partial charge is 0.181 e. The Balaban J connectivity index is 1.59. The van der Waals surface area contributed by atoms with E-state index in [9.17, 15) is 10.1 Å². The summed E-state index contributed by atoms with van der Waals surface area (Å²) in [7, 11) is 1.64. The molecule has 0 radical (unpaired) electrons. The van der Waals surface area contributed by atoms with Gasteiger partial charge in [-0.1, -0.05) is 0 Å². The van der Waals surface area contributed by atoms with E-state index in [0.717, 1.165) is 37.9 Å². The maximum Gasteiger partial charge on any atom is 0.181 e. The van der Waals surface area contributed by atoms with Gasteiger partial charge in [0, 0.05) is 26.7 Å². The van der Waals surface area contributed by atoms with Crippen LogP contribution in [0.1, 0.15) is 45.4 Å². The minimum atomic E-state index is -0.611. The number of carbonyl (C=O) groups excluding carboxylic acids is 1. The van der Waals surface area contributed by atoms with Gasteiger partial charge >= 0.3 is 0 Å². The second kappa shape index (κ2) is 6.79. The molecule has 0 aromatic heterocycles. The average molecular weight is 331 g/mol. The Labute approximate surface area is 143 Å². The van der Waals surface area contributed by atoms with E-state index >= 15 is 0 Å². The highest BCUT2D eigenvalue weighted by Gasteiger charge is 2.60. The summed E-state index contributed by atoms with van der Waals surface area (Å²) in [6.07, 6.45) is 8.61. The molecule has 0 N–H and O–H groups in total. The average Bonchev–Trinajstić information content (AvgIpc) is 2.60. The minimum Gasteiger partial charge on any atom is -0.370 e. The SMILES string of the molecule is COC12C=C(C)C(=O)C=C1C(C#N)(CCCOC1CCCCO1)C2. The van der Waals surface area contributed by atoms with Crippen LogP contribution < -0.4 is 0 Å². The van der Waals surface area contributed by atoms with E-state index in [4.69, 9.17) is 14.2 Å². The molecule has 3 atom stereocenters. The second-order valence-corrected chi connectivity index (χ2v) is 6.98. The molecular formula is C19H25NO4. The lowest BCUT2D eigenvalue weighted by Gasteiger charge is -2.54. The summed E-state index contributed by atoms with van der Waals surface area (Å²) in [6, 6.07) is 2.43. The molecule has 0 spiro atoms. The van der Waals surface area contributed by atoms with Gasteiger partial charge in [0.15, 0.2) is 12.1 Å². The van der Waals surface area contributed by atoms with Gasteiger partial charge in [-0.2, -0.15) is 5.26 Å². The molecule has 2 fully saturated rings. The lowest BCUT2D eigenvalue weighted by Crippen LogP contribution is -2.56. The highest BCUT2D eigenvalue weighted by Crippen LogP contribution is 2.59. The number of carbonyl (C=O) groups is 1. The topological polar surface area (TPSA) is 68.6 Å². The van der Waals surface area contributed by atoms with Crippen LogP contribution in [0.25, 0.3) is 0 Å². The van der Waals surface area contributed by atoms with Crippen molar-refractivity contribution < 1.29 is 19.0 Å². The van der Waals surface area contributed by atoms with Crippen molar-refractivity contribution in [2.75, 3.05) is 20.3 Å². The first-order valence-corrected chi connectivity index (χ1v) is 8.71. The largest absolute Gasteiger partial charge is 0.370 e. The fourth-order valence-electron chi connectivity index (χ4n) is 4.04. The highest BCUT2D eigenvalue weighted by molar-refractivity contribution is 6.06. The maximum absolute atomic E-state index is 12.0. The van der Waals surface area contributed by atoms with E-state index in [1.54, 1.807) is 20.1 Å². The maximum atomic E-state index is 12.0. The molecule has 3 unspecified atom stereocenters. The van der Waals surface area contributed by atoms with Crippen molar-refractivity contribution in [3.8, 4) is 6.07 Å². The monoisotopic (exact) mass is 331 g/mol. The number of rotatable bonds is 6. The standard InChI is InChI=1S/C19H25NO4/c1-14-11-19(22-2)12-18(13-20,16(19)10-15(14)21)7-5-9-24-17-6-3-4-8-23-17/h10-11,17H,3-9,12H2,1-2H3. The van der Waals surface area contributed by atoms with Gasteiger partial charge in [-0.25, -0.2) is 0 Å². The molecule has 1 heterocycles. The summed E-state index contributed by atoms with van der Waals surface area (Å²) >= 11 is 0. The second-order valence-electron chi connectivity index (χ2n) is 6.98. The van der Waals surface area contributed by atoms with Gasteiger partial charge in [0.1, 0.15) is 5.60 Å². The van der Waals surface area contributed by atoms with Gasteiger partial charge in [-0.15, -0.1) is 0 Å². The van der Waals surface area contributed by atoms with Crippen LogP contribution in [-0.4, -0.2) is 38.0 Å². The Bertz CT molecular complexity index is 611. The van der Waals surface area contributed by atoms with Crippen LogP contribution in [0.3, 0.4) is 0 Å². The van der Waals surface area contributed by atoms with Gasteiger partial charge < -0.3 is 14.2 Å². The molecule has 5 heteroatoms. The van der Waals surface area contributed by atoms with E-state index in [-0.39, 0.29) is 12.1 Å². The number of nitriles is 1. The van der Waals surface area contributed by atoms with Crippen LogP contribution >= 0.6 is 0 Å². The molecule has 0 aromatic rings. The van der Waals surface area contributed by atoms with Crippen molar-refractivity contribution in [2.24, 2.45) is 5.41 Å². The Hall–Kier alpha value is -1.48. The molecule has 2 aliphatic carbocycles. The van der Waals surface area contributed by atoms with Crippen molar-refractivity contribution in [1.29, 1.82) is 5.26 Å². The molecule has 3 aliphatic rings. The lowest BCUT2D eigenvalue weighted by molar-refractivity contribution is -0.163. The zero-order valence-electron chi connectivity index (χ0n) is 14.5. The number of hydrogen-bond donors (Lipinski definition) is 0. The molecule has 3 rings (SSSR count). The zero-order valence-corrected chi connectivity index (χ0v) is 14.5. The van der Waals surface area contributed by atoms with Crippen molar-refractivity contribution in [3.05, 3.63) is 23.3 Å². The molecule has 24 heavy (non-hydrogen) atoms. The first-order chi connectivity index (χ1) is 11.6. The number of ketones is 1. The Morgan fingerprint density at radius 2 is 2.29 bits per heavy atom. The zero-order chi connectivity index (χ0) is 17.2. The molecule has 1 saturated carbocycles. The normalized spacial score (nSPS) is 35.4. The van der Waals surface area contributed by atoms with Crippen molar-refractivity contribution >= 4 is 5.78 Å². The summed E-state index contributed by atoms with van der Waals surface area (Å²) in [5.74, 6) is -0.0242. The third kappa shape index (κ3) is 2.95. The highest BCUT2D eigenvalue weighted by atomic mass is 16.7. The molecule has 0 bridgehead atoms. The van der Waals surface area contributed by atoms with Crippen molar-refractivity contribution in [1.82, 2.24) is 0 Å². The first-order valence-electron chi connectivity index (χ1n) is 8.71. The summed E-state index contributed by atoms with van der Waals surface area (Å²) in [6.45, 7) is 3.13. The number of fused-ring (bicyclic) bond motifs is 1. The first kappa shape index (κ1) is 17.3. The number of hydrogen-bond acceptors (Lipinski definition) is 5. The fraction of sp³-hybridized carbons (Fsp3) is 0.684. The molecule has 1 saturated heterocycles. The van der Waals surface area contributed by atoms with E-state index in [0.29, 0.717) is 25.0 Å². The summed E-state index contributed by atoms with van der Waals surface area (Å²) in [5, 5.41) is 9.74. The van der Waals surface area contributed by atoms with Gasteiger partial charge in [0.25, 0.3) is 0 Å². The van der Waals surface area contributed by atoms with Gasteiger partial charge in [0.05, 0.1) is 11.5 Å². The van der Waals surface area contributed by atoms with Crippen LogP contribution in [0.5, 0.6) is 0 Å². The number of allylic oxidation sites excluding steroid dienone is 2. The fourth-order valence-corrected chi connectivity index (χ4v) is 4.04. The van der Waals surface area contributed by atoms with Crippen LogP contribution in [0.4, 0.5) is 0 Å². The molecule has 1 aliphatic heterocycles. The number of methoxy groups -OCH3 is 1. The molecule has 0 amide bonds. The van der Waals surface area contributed by atoms with E-state index in [1.165, 1.54) is 0 Å². The Kier molecular flexibility index (Phi) is 4.91. The third-order valence-corrected chi connectivity index (χ3v) is 5.42. The quantitative estimate of drug-likeness (QED) is 0.700. The molecule has 5 nitrogen and oxygen atoms in total. The minimum absolute atomic E-state index is 0.0242. The number of ether oxygens (including phenoxy) is 3. The van der Waals surface area contributed by atoms with Crippen molar-refractivity contribution in [2.45, 2.75) is 57.3 Å². The Morgan fingerprint density at radius 3 is 2.96 bits per heavy atom. The van der Waals surface area contributed by atoms with Crippen LogP contribution in [0, 0.1) is 16.7 Å². The van der Waals surface area contributed by atoms with E-state index in [2.05, 4.69) is 6.07 Å². The molecule has 130 valence electrons. The third-order valence-electron chi connectivity index (χ3n) is 5.42. The van der Waals surface area contributed by atoms with E-state index in [1.807, 2.05) is 6.08 Å². The van der Waals surface area contributed by atoms with Crippen molar-refractivity contribution in [3.63, 3.8) is 0 Å². The van der Waals surface area contributed by atoms with Crippen LogP contribution in [0.15, 0.2) is 23.3 Å². The van der Waals surface area contributed by atoms with E-state index < -0.39 is 11.0 Å². The molecule has 0 aromatic carbocycles. The summed E-state index contributed by atoms with van der Waals surface area (Å²) in [4.78, 5) is 12.0.